The largest absolute Gasteiger partial charge is 0.485 e. The average molecular weight is 388 g/mol. The minimum absolute atomic E-state index is 0.265. The van der Waals surface area contributed by atoms with Crippen LogP contribution in [0.5, 0.6) is 5.75 Å². The Morgan fingerprint density at radius 3 is 2.69 bits per heavy atom. The van der Waals surface area contributed by atoms with Crippen LogP contribution in [-0.4, -0.2) is 35.2 Å². The van der Waals surface area contributed by atoms with E-state index in [9.17, 15) is 5.26 Å². The second kappa shape index (κ2) is 7.24. The zero-order valence-corrected chi connectivity index (χ0v) is 16.0. The Morgan fingerprint density at radius 2 is 1.86 bits per heavy atom. The average Bonchev–Trinajstić information content (AvgIpc) is 3.11. The van der Waals surface area contributed by atoms with E-state index in [1.807, 2.05) is 66.2 Å². The van der Waals surface area contributed by atoms with Gasteiger partial charge >= 0.3 is 0 Å². The normalized spacial score (nSPS) is 19.5. The number of benzene rings is 2. The lowest BCUT2D eigenvalue weighted by Crippen LogP contribution is -2.36. The number of nitrogens with zero attached hydrogens (tertiary/aromatic N) is 3. The van der Waals surface area contributed by atoms with Gasteiger partial charge in [0.15, 0.2) is 12.5 Å². The number of hydrogen-bond donors (Lipinski definition) is 1. The molecule has 0 aliphatic carbocycles. The molecule has 2 aliphatic heterocycles. The standard InChI is InChI=1S/C22H20N4O3/c1-14-19(21-27-11-6-12-28-21)20(15-7-2-5-10-18(15)29-14)26-17-9-4-3-8-16(17)25-22(26)24-13-23/h2-5,7-10,14,21H,6,11-12H2,1H3,(H,24,25). The summed E-state index contributed by atoms with van der Waals surface area (Å²) in [5.74, 6) is 1.22. The van der Waals surface area contributed by atoms with Gasteiger partial charge in [0.2, 0.25) is 5.95 Å². The third-order valence-electron chi connectivity index (χ3n) is 5.19. The molecule has 1 saturated heterocycles. The summed E-state index contributed by atoms with van der Waals surface area (Å²) in [6, 6.07) is 15.7. The van der Waals surface area contributed by atoms with Crippen molar-refractivity contribution < 1.29 is 14.2 Å². The second-order valence-corrected chi connectivity index (χ2v) is 6.98. The minimum Gasteiger partial charge on any atom is -0.485 e. The molecule has 3 heterocycles. The molecule has 0 bridgehead atoms. The van der Waals surface area contributed by atoms with Crippen LogP contribution in [0.1, 0.15) is 18.9 Å². The van der Waals surface area contributed by atoms with Crippen molar-refractivity contribution in [1.29, 1.82) is 5.26 Å². The summed E-state index contributed by atoms with van der Waals surface area (Å²) in [4.78, 5) is 4.63. The number of ether oxygens (including phenoxy) is 3. The molecule has 29 heavy (non-hydrogen) atoms. The zero-order valence-electron chi connectivity index (χ0n) is 16.0. The summed E-state index contributed by atoms with van der Waals surface area (Å²) >= 11 is 0. The quantitative estimate of drug-likeness (QED) is 0.544. The topological polar surface area (TPSA) is 81.3 Å². The van der Waals surface area contributed by atoms with Crippen molar-refractivity contribution in [2.45, 2.75) is 25.7 Å². The van der Waals surface area contributed by atoms with Gasteiger partial charge in [-0.25, -0.2) is 4.98 Å². The van der Waals surface area contributed by atoms with Crippen molar-refractivity contribution in [2.75, 3.05) is 18.5 Å². The van der Waals surface area contributed by atoms with E-state index in [-0.39, 0.29) is 6.10 Å². The molecule has 1 aromatic heterocycles. The fourth-order valence-electron chi connectivity index (χ4n) is 3.97. The molecular weight excluding hydrogens is 368 g/mol. The lowest BCUT2D eigenvalue weighted by molar-refractivity contribution is -0.161. The summed E-state index contributed by atoms with van der Waals surface area (Å²) in [7, 11) is 0. The van der Waals surface area contributed by atoms with Crippen LogP contribution in [0.15, 0.2) is 54.1 Å². The van der Waals surface area contributed by atoms with Gasteiger partial charge in [0.1, 0.15) is 11.9 Å². The van der Waals surface area contributed by atoms with Crippen LogP contribution in [0.25, 0.3) is 16.7 Å². The Bertz CT molecular complexity index is 1140. The molecule has 0 radical (unpaired) electrons. The fourth-order valence-corrected chi connectivity index (χ4v) is 3.97. The molecule has 3 aromatic rings. The first-order valence-corrected chi connectivity index (χ1v) is 9.64. The van der Waals surface area contributed by atoms with Gasteiger partial charge in [-0.1, -0.05) is 24.3 Å². The lowest BCUT2D eigenvalue weighted by Gasteiger charge is -2.35. The Balaban J connectivity index is 1.84. The van der Waals surface area contributed by atoms with E-state index >= 15 is 0 Å². The number of para-hydroxylation sites is 3. The maximum Gasteiger partial charge on any atom is 0.222 e. The Labute approximate surface area is 168 Å². The van der Waals surface area contributed by atoms with Crippen molar-refractivity contribution in [1.82, 2.24) is 9.55 Å². The Kier molecular flexibility index (Phi) is 4.43. The maximum atomic E-state index is 9.32. The molecule has 2 aliphatic rings. The van der Waals surface area contributed by atoms with Crippen molar-refractivity contribution in [3.05, 3.63) is 59.7 Å². The van der Waals surface area contributed by atoms with Gasteiger partial charge in [0.25, 0.3) is 0 Å². The third kappa shape index (κ3) is 2.94. The molecule has 2 aromatic carbocycles. The third-order valence-corrected chi connectivity index (χ3v) is 5.19. The number of anilines is 1. The smallest absolute Gasteiger partial charge is 0.222 e. The minimum atomic E-state index is -0.516. The van der Waals surface area contributed by atoms with Gasteiger partial charge in [-0.3, -0.25) is 9.88 Å². The molecular formula is C22H20N4O3. The summed E-state index contributed by atoms with van der Waals surface area (Å²) in [6.07, 6.45) is 2.09. The summed E-state index contributed by atoms with van der Waals surface area (Å²) in [5.41, 5.74) is 4.34. The monoisotopic (exact) mass is 388 g/mol. The highest BCUT2D eigenvalue weighted by Gasteiger charge is 2.35. The molecule has 0 spiro atoms. The van der Waals surface area contributed by atoms with E-state index in [1.165, 1.54) is 0 Å². The van der Waals surface area contributed by atoms with Gasteiger partial charge in [-0.05, 0) is 37.6 Å². The van der Waals surface area contributed by atoms with E-state index in [4.69, 9.17) is 14.2 Å². The number of nitrogens with one attached hydrogen (secondary N) is 1. The number of nitriles is 1. The number of hydrogen-bond acceptors (Lipinski definition) is 6. The van der Waals surface area contributed by atoms with Crippen LogP contribution >= 0.6 is 0 Å². The predicted molar refractivity (Wildman–Crippen MR) is 108 cm³/mol. The molecule has 1 atom stereocenters. The predicted octanol–water partition coefficient (Wildman–Crippen LogP) is 3.73. The summed E-state index contributed by atoms with van der Waals surface area (Å²) in [6.45, 7) is 3.25. The number of rotatable bonds is 3. The number of fused-ring (bicyclic) bond motifs is 2. The maximum absolute atomic E-state index is 9.32. The van der Waals surface area contributed by atoms with Crippen LogP contribution in [0.2, 0.25) is 0 Å². The van der Waals surface area contributed by atoms with Crippen LogP contribution in [-0.2, 0) is 9.47 Å². The fraction of sp³-hybridized carbons (Fsp3) is 0.273. The molecule has 1 fully saturated rings. The Morgan fingerprint density at radius 1 is 1.10 bits per heavy atom. The van der Waals surface area contributed by atoms with E-state index in [0.29, 0.717) is 19.2 Å². The lowest BCUT2D eigenvalue weighted by atomic mass is 9.97. The number of aromatic nitrogens is 2. The number of imidazole rings is 1. The zero-order chi connectivity index (χ0) is 19.8. The summed E-state index contributed by atoms with van der Waals surface area (Å²) in [5, 5.41) is 12.1. The molecule has 7 nitrogen and oxygen atoms in total. The molecule has 1 unspecified atom stereocenters. The van der Waals surface area contributed by atoms with Crippen LogP contribution in [0, 0.1) is 11.5 Å². The van der Waals surface area contributed by atoms with Gasteiger partial charge in [0.05, 0.1) is 35.5 Å². The van der Waals surface area contributed by atoms with E-state index in [1.54, 1.807) is 0 Å². The van der Waals surface area contributed by atoms with Crippen LogP contribution in [0.4, 0.5) is 5.95 Å². The first kappa shape index (κ1) is 17.7. The van der Waals surface area contributed by atoms with Crippen LogP contribution < -0.4 is 10.1 Å². The first-order valence-electron chi connectivity index (χ1n) is 9.64. The highest BCUT2D eigenvalue weighted by molar-refractivity contribution is 5.89. The van der Waals surface area contributed by atoms with Gasteiger partial charge < -0.3 is 14.2 Å². The van der Waals surface area contributed by atoms with Crippen molar-refractivity contribution in [3.8, 4) is 11.9 Å². The molecule has 5 rings (SSSR count). The van der Waals surface area contributed by atoms with E-state index in [2.05, 4.69) is 10.3 Å². The molecule has 0 saturated carbocycles. The van der Waals surface area contributed by atoms with Gasteiger partial charge in [-0.2, -0.15) is 5.26 Å². The van der Waals surface area contributed by atoms with E-state index < -0.39 is 6.29 Å². The second-order valence-electron chi connectivity index (χ2n) is 6.98. The van der Waals surface area contributed by atoms with Crippen LogP contribution in [0.3, 0.4) is 0 Å². The SMILES string of the molecule is CC1Oc2ccccc2C(n2c(NC#N)nc3ccccc32)=C1C1OCCCO1. The van der Waals surface area contributed by atoms with E-state index in [0.717, 1.165) is 40.0 Å². The molecule has 7 heteroatoms. The highest BCUT2D eigenvalue weighted by atomic mass is 16.7. The highest BCUT2D eigenvalue weighted by Crippen LogP contribution is 2.42. The van der Waals surface area contributed by atoms with Crippen molar-refractivity contribution in [2.24, 2.45) is 0 Å². The van der Waals surface area contributed by atoms with Gasteiger partial charge in [-0.15, -0.1) is 0 Å². The molecule has 1 N–H and O–H groups in total. The molecule has 0 amide bonds. The Hall–Kier alpha value is -3.34. The van der Waals surface area contributed by atoms with Crippen molar-refractivity contribution in [3.63, 3.8) is 0 Å². The van der Waals surface area contributed by atoms with Gasteiger partial charge in [0, 0.05) is 5.56 Å². The molecule has 146 valence electrons. The first-order chi connectivity index (χ1) is 14.3. The van der Waals surface area contributed by atoms with Crippen molar-refractivity contribution >= 4 is 22.7 Å². The summed E-state index contributed by atoms with van der Waals surface area (Å²) < 4.78 is 20.1.